The van der Waals surface area contributed by atoms with E-state index in [-0.39, 0.29) is 17.7 Å². The van der Waals surface area contributed by atoms with E-state index in [1.807, 2.05) is 24.3 Å². The van der Waals surface area contributed by atoms with Crippen molar-refractivity contribution >= 4 is 22.6 Å². The van der Waals surface area contributed by atoms with E-state index in [9.17, 15) is 9.59 Å². The van der Waals surface area contributed by atoms with E-state index >= 15 is 0 Å². The molecular formula is C18H21N3O4. The molecule has 2 heterocycles. The van der Waals surface area contributed by atoms with Crippen LogP contribution in [0.4, 0.5) is 0 Å². The largest absolute Gasteiger partial charge is 0.475 e. The number of ether oxygens (including phenoxy) is 2. The topological polar surface area (TPSA) is 94.8 Å². The third-order valence-corrected chi connectivity index (χ3v) is 4.33. The van der Waals surface area contributed by atoms with Crippen LogP contribution in [0.1, 0.15) is 16.9 Å². The van der Waals surface area contributed by atoms with Crippen LogP contribution in [-0.2, 0) is 9.53 Å². The van der Waals surface area contributed by atoms with Crippen LogP contribution in [0.2, 0.25) is 0 Å². The lowest BCUT2D eigenvalue weighted by atomic mass is 10.1. The molecule has 2 amide bonds. The lowest BCUT2D eigenvalue weighted by molar-refractivity contribution is -0.121. The number of benzene rings is 1. The van der Waals surface area contributed by atoms with Crippen LogP contribution in [-0.4, -0.2) is 55.1 Å². The molecule has 132 valence electrons. The summed E-state index contributed by atoms with van der Waals surface area (Å²) in [7, 11) is 1.59. The lowest BCUT2D eigenvalue weighted by Gasteiger charge is -2.17. The molecule has 0 radical (unpaired) electrons. The summed E-state index contributed by atoms with van der Waals surface area (Å²) in [5, 5.41) is 1.71. The minimum atomic E-state index is -0.370. The number of hydrogen-bond donors (Lipinski definition) is 1. The molecule has 1 saturated heterocycles. The van der Waals surface area contributed by atoms with Gasteiger partial charge in [0.2, 0.25) is 11.8 Å². The van der Waals surface area contributed by atoms with E-state index in [0.717, 1.165) is 10.8 Å². The third kappa shape index (κ3) is 3.71. The normalized spacial score (nSPS) is 17.0. The summed E-state index contributed by atoms with van der Waals surface area (Å²) in [6, 6.07) is 9.35. The number of nitrogens with two attached hydrogens (primary N) is 1. The minimum absolute atomic E-state index is 0.217. The molecule has 1 aliphatic heterocycles. The SMILES string of the molecule is COCCOc1nc(C(=O)N2CC[C@@H](C(N)=O)C2)cc2ccccc12. The van der Waals surface area contributed by atoms with Crippen molar-refractivity contribution in [3.05, 3.63) is 36.0 Å². The molecule has 1 atom stereocenters. The number of primary amides is 1. The van der Waals surface area contributed by atoms with E-state index in [1.54, 1.807) is 18.1 Å². The second kappa shape index (κ2) is 7.48. The number of carbonyl (C=O) groups is 2. The summed E-state index contributed by atoms with van der Waals surface area (Å²) >= 11 is 0. The Morgan fingerprint density at radius 1 is 1.32 bits per heavy atom. The standard InChI is InChI=1S/C18H21N3O4/c1-24-8-9-25-17-14-5-3-2-4-12(14)10-15(20-17)18(23)21-7-6-13(11-21)16(19)22/h2-5,10,13H,6-9,11H2,1H3,(H2,19,22)/t13-/m1/s1. The summed E-state index contributed by atoms with van der Waals surface area (Å²) in [5.41, 5.74) is 5.64. The number of pyridine rings is 1. The van der Waals surface area contributed by atoms with Crippen LogP contribution in [0.25, 0.3) is 10.8 Å². The van der Waals surface area contributed by atoms with Crippen molar-refractivity contribution in [1.29, 1.82) is 0 Å². The first kappa shape index (κ1) is 17.2. The fourth-order valence-electron chi connectivity index (χ4n) is 2.95. The summed E-state index contributed by atoms with van der Waals surface area (Å²) in [4.78, 5) is 30.1. The smallest absolute Gasteiger partial charge is 0.272 e. The van der Waals surface area contributed by atoms with Gasteiger partial charge in [0.15, 0.2) is 0 Å². The first-order chi connectivity index (χ1) is 12.1. The zero-order chi connectivity index (χ0) is 17.8. The number of fused-ring (bicyclic) bond motifs is 1. The molecule has 1 aromatic heterocycles. The molecule has 0 spiro atoms. The van der Waals surface area contributed by atoms with Crippen LogP contribution in [0.5, 0.6) is 5.88 Å². The van der Waals surface area contributed by atoms with Gasteiger partial charge in [-0.2, -0.15) is 0 Å². The zero-order valence-corrected chi connectivity index (χ0v) is 14.1. The van der Waals surface area contributed by atoms with Gasteiger partial charge in [-0.05, 0) is 23.9 Å². The van der Waals surface area contributed by atoms with E-state index in [1.165, 1.54) is 0 Å². The van der Waals surface area contributed by atoms with Gasteiger partial charge in [0, 0.05) is 25.6 Å². The number of rotatable bonds is 6. The van der Waals surface area contributed by atoms with Crippen molar-refractivity contribution in [1.82, 2.24) is 9.88 Å². The molecule has 2 aromatic rings. The van der Waals surface area contributed by atoms with Gasteiger partial charge in [-0.25, -0.2) is 4.98 Å². The van der Waals surface area contributed by atoms with Gasteiger partial charge < -0.3 is 20.1 Å². The lowest BCUT2D eigenvalue weighted by Crippen LogP contribution is -2.32. The Morgan fingerprint density at radius 2 is 2.12 bits per heavy atom. The Labute approximate surface area is 145 Å². The predicted octanol–water partition coefficient (Wildman–Crippen LogP) is 1.21. The molecule has 7 heteroatoms. The molecule has 0 saturated carbocycles. The maximum Gasteiger partial charge on any atom is 0.272 e. The van der Waals surface area contributed by atoms with Gasteiger partial charge in [0.25, 0.3) is 5.91 Å². The van der Waals surface area contributed by atoms with Crippen molar-refractivity contribution in [3.8, 4) is 5.88 Å². The van der Waals surface area contributed by atoms with Crippen LogP contribution in [0.3, 0.4) is 0 Å². The Kier molecular flexibility index (Phi) is 5.14. The van der Waals surface area contributed by atoms with Crippen molar-refractivity contribution < 1.29 is 19.1 Å². The summed E-state index contributed by atoms with van der Waals surface area (Å²) in [6.45, 7) is 1.61. The van der Waals surface area contributed by atoms with E-state index in [0.29, 0.717) is 44.3 Å². The maximum absolute atomic E-state index is 12.8. The highest BCUT2D eigenvalue weighted by molar-refractivity contribution is 5.98. The molecule has 2 N–H and O–H groups in total. The van der Waals surface area contributed by atoms with Gasteiger partial charge in [-0.3, -0.25) is 9.59 Å². The number of aromatic nitrogens is 1. The highest BCUT2D eigenvalue weighted by atomic mass is 16.5. The quantitative estimate of drug-likeness (QED) is 0.796. The number of carbonyl (C=O) groups excluding carboxylic acids is 2. The highest BCUT2D eigenvalue weighted by Gasteiger charge is 2.31. The number of hydrogen-bond acceptors (Lipinski definition) is 5. The number of methoxy groups -OCH3 is 1. The Morgan fingerprint density at radius 3 is 2.84 bits per heavy atom. The second-order valence-electron chi connectivity index (χ2n) is 6.01. The fourth-order valence-corrected chi connectivity index (χ4v) is 2.95. The average molecular weight is 343 g/mol. The maximum atomic E-state index is 12.8. The molecular weight excluding hydrogens is 322 g/mol. The number of amides is 2. The van der Waals surface area contributed by atoms with Gasteiger partial charge >= 0.3 is 0 Å². The summed E-state index contributed by atoms with van der Waals surface area (Å²) in [5.74, 6) is -0.470. The van der Waals surface area contributed by atoms with Crippen LogP contribution >= 0.6 is 0 Å². The molecule has 7 nitrogen and oxygen atoms in total. The zero-order valence-electron chi connectivity index (χ0n) is 14.1. The minimum Gasteiger partial charge on any atom is -0.475 e. The Balaban J connectivity index is 1.88. The van der Waals surface area contributed by atoms with Gasteiger partial charge in [0.1, 0.15) is 12.3 Å². The van der Waals surface area contributed by atoms with Gasteiger partial charge in [0.05, 0.1) is 12.5 Å². The second-order valence-corrected chi connectivity index (χ2v) is 6.01. The predicted molar refractivity (Wildman–Crippen MR) is 92.3 cm³/mol. The van der Waals surface area contributed by atoms with Crippen molar-refractivity contribution in [2.24, 2.45) is 11.7 Å². The molecule has 0 aliphatic carbocycles. The number of nitrogens with zero attached hydrogens (tertiary/aromatic N) is 2. The fraction of sp³-hybridized carbons (Fsp3) is 0.389. The van der Waals surface area contributed by atoms with Crippen molar-refractivity contribution in [2.45, 2.75) is 6.42 Å². The molecule has 1 fully saturated rings. The van der Waals surface area contributed by atoms with Gasteiger partial charge in [-0.1, -0.05) is 18.2 Å². The first-order valence-corrected chi connectivity index (χ1v) is 8.20. The van der Waals surface area contributed by atoms with Crippen LogP contribution < -0.4 is 10.5 Å². The van der Waals surface area contributed by atoms with Crippen LogP contribution in [0, 0.1) is 5.92 Å². The van der Waals surface area contributed by atoms with E-state index in [2.05, 4.69) is 4.98 Å². The Bertz CT molecular complexity index is 793. The third-order valence-electron chi connectivity index (χ3n) is 4.33. The highest BCUT2D eigenvalue weighted by Crippen LogP contribution is 2.26. The Hall–Kier alpha value is -2.67. The molecule has 25 heavy (non-hydrogen) atoms. The molecule has 0 unspecified atom stereocenters. The van der Waals surface area contributed by atoms with Gasteiger partial charge in [-0.15, -0.1) is 0 Å². The molecule has 1 aromatic carbocycles. The van der Waals surface area contributed by atoms with Crippen molar-refractivity contribution in [2.75, 3.05) is 33.4 Å². The van der Waals surface area contributed by atoms with E-state index < -0.39 is 0 Å². The average Bonchev–Trinajstić information content (AvgIpc) is 3.11. The summed E-state index contributed by atoms with van der Waals surface area (Å²) in [6.07, 6.45) is 0.589. The number of likely N-dealkylation sites (tertiary alicyclic amines) is 1. The van der Waals surface area contributed by atoms with Crippen LogP contribution in [0.15, 0.2) is 30.3 Å². The monoisotopic (exact) mass is 343 g/mol. The molecule has 3 rings (SSSR count). The molecule has 0 bridgehead atoms. The summed E-state index contributed by atoms with van der Waals surface area (Å²) < 4.78 is 10.7. The van der Waals surface area contributed by atoms with Crippen molar-refractivity contribution in [3.63, 3.8) is 0 Å². The molecule has 1 aliphatic rings. The van der Waals surface area contributed by atoms with E-state index in [4.69, 9.17) is 15.2 Å². The first-order valence-electron chi connectivity index (χ1n) is 8.20.